The molecule has 0 bridgehead atoms. The Morgan fingerprint density at radius 3 is 1.11 bits per heavy atom. The zero-order chi connectivity index (χ0) is 15.1. The molecule has 0 atom stereocenters. The van der Waals surface area contributed by atoms with Crippen LogP contribution in [-0.4, -0.2) is 88.0 Å². The molecule has 0 rings (SSSR count). The third-order valence-corrected chi connectivity index (χ3v) is 0.860. The molecule has 0 spiro atoms. The minimum atomic E-state index is -0.125. The Kier molecular flexibility index (Phi) is 63.9. The Morgan fingerprint density at radius 1 is 0.722 bits per heavy atom. The van der Waals surface area contributed by atoms with Crippen LogP contribution in [0.1, 0.15) is 6.92 Å². The van der Waals surface area contributed by atoms with E-state index in [1.807, 2.05) is 6.92 Å². The van der Waals surface area contributed by atoms with Gasteiger partial charge < -0.3 is 34.6 Å². The van der Waals surface area contributed by atoms with Crippen molar-refractivity contribution >= 4 is 0 Å². The van der Waals surface area contributed by atoms with Crippen molar-refractivity contribution < 1.29 is 34.6 Å². The van der Waals surface area contributed by atoms with Crippen molar-refractivity contribution in [2.45, 2.75) is 6.92 Å². The number of rotatable bonds is 6. The maximum atomic E-state index is 8.09. The predicted octanol–water partition coefficient (Wildman–Crippen LogP) is -1.13. The van der Waals surface area contributed by atoms with Crippen LogP contribution in [0.3, 0.4) is 0 Å². The quantitative estimate of drug-likeness (QED) is 0.454. The first kappa shape index (κ1) is 26.3. The molecule has 7 heteroatoms. The number of hydrogen-bond acceptors (Lipinski definition) is 7. The van der Waals surface area contributed by atoms with E-state index in [9.17, 15) is 0 Å². The molecule has 0 aliphatic heterocycles. The molecule has 0 aliphatic rings. The summed E-state index contributed by atoms with van der Waals surface area (Å²) in [6.07, 6.45) is 0. The molecule has 0 fully saturated rings. The lowest BCUT2D eigenvalue weighted by atomic mass is 10.7. The van der Waals surface area contributed by atoms with E-state index in [1.54, 1.807) is 21.3 Å². The van der Waals surface area contributed by atoms with Gasteiger partial charge >= 0.3 is 0 Å². The molecule has 0 aromatic heterocycles. The molecule has 0 aromatic carbocycles. The first-order valence-corrected chi connectivity index (χ1v) is 5.56. The smallest absolute Gasteiger partial charge is 0.0698 e. The number of methoxy groups -OCH3 is 2. The predicted molar refractivity (Wildman–Crippen MR) is 69.6 cm³/mol. The second-order valence-electron chi connectivity index (χ2n) is 2.49. The Labute approximate surface area is 110 Å². The summed E-state index contributed by atoms with van der Waals surface area (Å²) in [4.78, 5) is 0. The standard InChI is InChI=1S/C4H10O3.C3H8O.C2H6O2.C2H6O/c5-1-3-7-4-2-6;1-3-4-2;3-1-2-4;1-3-2/h5-6H,1-4H2;3H2,1-2H3;3-4H,1-2H2;1-2H3. The Hall–Kier alpha value is -0.280. The summed E-state index contributed by atoms with van der Waals surface area (Å²) < 4.78 is 13.4. The Balaban J connectivity index is -0.0000000775. The van der Waals surface area contributed by atoms with Gasteiger partial charge in [-0.1, -0.05) is 0 Å². The van der Waals surface area contributed by atoms with Gasteiger partial charge in [-0.3, -0.25) is 0 Å². The van der Waals surface area contributed by atoms with Crippen LogP contribution in [-0.2, 0) is 14.2 Å². The lowest BCUT2D eigenvalue weighted by molar-refractivity contribution is 0.0650. The van der Waals surface area contributed by atoms with Crippen molar-refractivity contribution in [2.75, 3.05) is 67.6 Å². The minimum absolute atomic E-state index is 0.0278. The zero-order valence-electron chi connectivity index (χ0n) is 12.0. The van der Waals surface area contributed by atoms with Crippen molar-refractivity contribution in [1.82, 2.24) is 0 Å². The summed E-state index contributed by atoms with van der Waals surface area (Å²) >= 11 is 0. The largest absolute Gasteiger partial charge is 0.394 e. The van der Waals surface area contributed by atoms with Crippen molar-refractivity contribution in [1.29, 1.82) is 0 Å². The molecular formula is C11H30O7. The van der Waals surface area contributed by atoms with E-state index in [4.69, 9.17) is 20.4 Å². The van der Waals surface area contributed by atoms with Gasteiger partial charge in [-0.2, -0.15) is 0 Å². The van der Waals surface area contributed by atoms with Crippen molar-refractivity contribution in [3.8, 4) is 0 Å². The van der Waals surface area contributed by atoms with E-state index in [-0.39, 0.29) is 26.4 Å². The van der Waals surface area contributed by atoms with E-state index in [0.717, 1.165) is 6.61 Å². The average Bonchev–Trinajstić information content (AvgIpc) is 2.41. The lowest BCUT2D eigenvalue weighted by Crippen LogP contribution is -2.03. The van der Waals surface area contributed by atoms with Gasteiger partial charge in [0.25, 0.3) is 0 Å². The number of ether oxygens (including phenoxy) is 3. The van der Waals surface area contributed by atoms with Gasteiger partial charge in [-0.15, -0.1) is 0 Å². The molecule has 116 valence electrons. The molecule has 0 aromatic rings. The van der Waals surface area contributed by atoms with E-state index in [0.29, 0.717) is 13.2 Å². The molecule has 18 heavy (non-hydrogen) atoms. The highest BCUT2D eigenvalue weighted by Crippen LogP contribution is 1.68. The maximum Gasteiger partial charge on any atom is 0.0698 e. The third kappa shape index (κ3) is 104. The fourth-order valence-corrected chi connectivity index (χ4v) is 0.231. The second kappa shape index (κ2) is 43.7. The first-order chi connectivity index (χ1) is 8.66. The molecule has 0 radical (unpaired) electrons. The molecule has 7 nitrogen and oxygen atoms in total. The van der Waals surface area contributed by atoms with Crippen LogP contribution >= 0.6 is 0 Å². The molecular weight excluding hydrogens is 244 g/mol. The van der Waals surface area contributed by atoms with Crippen LogP contribution in [0.4, 0.5) is 0 Å². The molecule has 0 heterocycles. The normalized spacial score (nSPS) is 8.00. The van der Waals surface area contributed by atoms with E-state index < -0.39 is 0 Å². The lowest BCUT2D eigenvalue weighted by Gasteiger charge is -1.94. The van der Waals surface area contributed by atoms with Gasteiger partial charge in [-0.25, -0.2) is 0 Å². The van der Waals surface area contributed by atoms with Crippen LogP contribution < -0.4 is 0 Å². The maximum absolute atomic E-state index is 8.09. The summed E-state index contributed by atoms with van der Waals surface area (Å²) in [6.45, 7) is 3.22. The highest BCUT2D eigenvalue weighted by molar-refractivity contribution is 4.24. The van der Waals surface area contributed by atoms with Crippen LogP contribution in [0.2, 0.25) is 0 Å². The van der Waals surface area contributed by atoms with Crippen LogP contribution in [0.15, 0.2) is 0 Å². The van der Waals surface area contributed by atoms with Crippen molar-refractivity contribution in [3.05, 3.63) is 0 Å². The fourth-order valence-electron chi connectivity index (χ4n) is 0.231. The minimum Gasteiger partial charge on any atom is -0.394 e. The molecule has 4 N–H and O–H groups in total. The summed E-state index contributed by atoms with van der Waals surface area (Å²) in [5.41, 5.74) is 0. The van der Waals surface area contributed by atoms with E-state index in [2.05, 4.69) is 14.2 Å². The van der Waals surface area contributed by atoms with Gasteiger partial charge in [0.05, 0.1) is 39.6 Å². The molecule has 0 aliphatic carbocycles. The highest BCUT2D eigenvalue weighted by atomic mass is 16.5. The summed E-state index contributed by atoms with van der Waals surface area (Å²) in [5.74, 6) is 0. The average molecular weight is 274 g/mol. The topological polar surface area (TPSA) is 109 Å². The van der Waals surface area contributed by atoms with Crippen LogP contribution in [0.5, 0.6) is 0 Å². The van der Waals surface area contributed by atoms with Gasteiger partial charge in [0.1, 0.15) is 0 Å². The zero-order valence-corrected chi connectivity index (χ0v) is 12.0. The van der Waals surface area contributed by atoms with Crippen LogP contribution in [0, 0.1) is 0 Å². The molecule has 0 amide bonds. The van der Waals surface area contributed by atoms with E-state index in [1.165, 1.54) is 0 Å². The highest BCUT2D eigenvalue weighted by Gasteiger charge is 1.79. The molecule has 0 saturated heterocycles. The number of aliphatic hydroxyl groups is 4. The number of aliphatic hydroxyl groups excluding tert-OH is 4. The van der Waals surface area contributed by atoms with Crippen LogP contribution in [0.25, 0.3) is 0 Å². The summed E-state index contributed by atoms with van der Waals surface area (Å²) in [5, 5.41) is 31.4. The fraction of sp³-hybridized carbons (Fsp3) is 1.00. The van der Waals surface area contributed by atoms with Gasteiger partial charge in [-0.05, 0) is 6.92 Å². The first-order valence-electron chi connectivity index (χ1n) is 5.56. The van der Waals surface area contributed by atoms with Crippen molar-refractivity contribution in [2.24, 2.45) is 0 Å². The monoisotopic (exact) mass is 274 g/mol. The number of hydrogen-bond donors (Lipinski definition) is 4. The summed E-state index contributed by atoms with van der Waals surface area (Å²) in [6, 6.07) is 0. The van der Waals surface area contributed by atoms with Gasteiger partial charge in [0, 0.05) is 27.9 Å². The summed E-state index contributed by atoms with van der Waals surface area (Å²) in [7, 11) is 4.93. The van der Waals surface area contributed by atoms with Crippen molar-refractivity contribution in [3.63, 3.8) is 0 Å². The molecule has 0 unspecified atom stereocenters. The Bertz CT molecular complexity index is 71.8. The van der Waals surface area contributed by atoms with Gasteiger partial charge in [0.15, 0.2) is 0 Å². The van der Waals surface area contributed by atoms with Gasteiger partial charge in [0.2, 0.25) is 0 Å². The SMILES string of the molecule is CCOC.COC.OCCO.OCCOCCO. The second-order valence-corrected chi connectivity index (χ2v) is 2.49. The molecule has 0 saturated carbocycles. The van der Waals surface area contributed by atoms with E-state index >= 15 is 0 Å². The Morgan fingerprint density at radius 2 is 1.00 bits per heavy atom. The third-order valence-electron chi connectivity index (χ3n) is 0.860.